The van der Waals surface area contributed by atoms with Gasteiger partial charge >= 0.3 is 0 Å². The summed E-state index contributed by atoms with van der Waals surface area (Å²) in [5.41, 5.74) is 4.31. The quantitative estimate of drug-likeness (QED) is 0.732. The van der Waals surface area contributed by atoms with E-state index >= 15 is 0 Å². The van der Waals surface area contributed by atoms with E-state index in [-0.39, 0.29) is 11.8 Å². The number of aliphatic hydroxyl groups is 1. The normalized spacial score (nSPS) is 19.2. The number of aromatic nitrogens is 2. The van der Waals surface area contributed by atoms with E-state index in [2.05, 4.69) is 22.3 Å². The number of benzene rings is 1. The third kappa shape index (κ3) is 5.13. The van der Waals surface area contributed by atoms with Crippen LogP contribution in [0.3, 0.4) is 0 Å². The average molecular weight is 386 g/mol. The minimum absolute atomic E-state index is 0.0559. The second kappa shape index (κ2) is 9.24. The number of hydrogen-bond acceptors (Lipinski definition) is 4. The van der Waals surface area contributed by atoms with E-state index in [1.165, 1.54) is 5.56 Å². The number of amides is 1. The minimum atomic E-state index is -0.477. The van der Waals surface area contributed by atoms with E-state index in [0.29, 0.717) is 32.5 Å². The Balaban J connectivity index is 1.45. The molecule has 1 saturated heterocycles. The van der Waals surface area contributed by atoms with Crippen LogP contribution in [0, 0.1) is 19.8 Å². The Labute approximate surface area is 166 Å². The highest BCUT2D eigenvalue weighted by atomic mass is 16.5. The van der Waals surface area contributed by atoms with Crippen molar-refractivity contribution in [3.05, 3.63) is 46.8 Å². The molecule has 2 heterocycles. The number of β-amino-alcohol motifs (C(OH)–C–C–N with tert-alkyl or cyclic N) is 1. The standard InChI is InChI=1S/C22H31N3O3/c1-4-28-21-9-8-17(10-15(21)2)6-5-7-22(27)25-13-18(20(26)14-25)12-19-11-16(3)23-24-19/h8-11,18,20,26H,4-7,12-14H2,1-3H3,(H,23,24)/t18-,20-/m1/s1. The molecule has 1 aliphatic rings. The van der Waals surface area contributed by atoms with Crippen molar-refractivity contribution >= 4 is 5.91 Å². The van der Waals surface area contributed by atoms with Crippen molar-refractivity contribution in [2.75, 3.05) is 19.7 Å². The molecule has 2 N–H and O–H groups in total. The van der Waals surface area contributed by atoms with Gasteiger partial charge in [0, 0.05) is 31.1 Å². The lowest BCUT2D eigenvalue weighted by Crippen LogP contribution is -2.29. The number of nitrogens with zero attached hydrogens (tertiary/aromatic N) is 2. The fourth-order valence-electron chi connectivity index (χ4n) is 3.89. The molecule has 1 aliphatic heterocycles. The molecule has 6 nitrogen and oxygen atoms in total. The number of rotatable bonds is 8. The zero-order valence-corrected chi connectivity index (χ0v) is 17.1. The number of carbonyl (C=O) groups is 1. The van der Waals surface area contributed by atoms with Crippen molar-refractivity contribution in [2.24, 2.45) is 5.92 Å². The topological polar surface area (TPSA) is 78.5 Å². The van der Waals surface area contributed by atoms with Gasteiger partial charge in [0.2, 0.25) is 5.91 Å². The Morgan fingerprint density at radius 2 is 2.14 bits per heavy atom. The first kappa shape index (κ1) is 20.4. The summed E-state index contributed by atoms with van der Waals surface area (Å²) in [6.45, 7) is 7.68. The molecular formula is C22H31N3O3. The van der Waals surface area contributed by atoms with Crippen molar-refractivity contribution in [1.82, 2.24) is 15.1 Å². The summed E-state index contributed by atoms with van der Waals surface area (Å²) in [5, 5.41) is 17.5. The maximum atomic E-state index is 12.6. The number of aromatic amines is 1. The zero-order chi connectivity index (χ0) is 20.1. The van der Waals surface area contributed by atoms with Gasteiger partial charge < -0.3 is 14.7 Å². The van der Waals surface area contributed by atoms with Crippen molar-refractivity contribution < 1.29 is 14.6 Å². The molecule has 0 radical (unpaired) electrons. The van der Waals surface area contributed by atoms with Gasteiger partial charge in [0.1, 0.15) is 5.75 Å². The number of aryl methyl sites for hydroxylation is 3. The highest BCUT2D eigenvalue weighted by molar-refractivity contribution is 5.76. The van der Waals surface area contributed by atoms with Crippen LogP contribution in [0.1, 0.15) is 42.3 Å². The molecule has 0 unspecified atom stereocenters. The molecule has 0 spiro atoms. The van der Waals surface area contributed by atoms with Crippen LogP contribution in [0.5, 0.6) is 5.75 Å². The number of carbonyl (C=O) groups excluding carboxylic acids is 1. The molecule has 1 aromatic heterocycles. The molecule has 1 aromatic carbocycles. The summed E-state index contributed by atoms with van der Waals surface area (Å²) in [6, 6.07) is 8.21. The largest absolute Gasteiger partial charge is 0.494 e. The first-order valence-corrected chi connectivity index (χ1v) is 10.1. The summed E-state index contributed by atoms with van der Waals surface area (Å²) in [6.07, 6.45) is 2.40. The molecule has 6 heteroatoms. The SMILES string of the molecule is CCOc1ccc(CCCC(=O)N2C[C@@H](Cc3cc(C)[nH]n3)[C@H](O)C2)cc1C. The second-order valence-corrected chi connectivity index (χ2v) is 7.76. The van der Waals surface area contributed by atoms with Gasteiger partial charge in [-0.1, -0.05) is 12.1 Å². The van der Waals surface area contributed by atoms with Crippen LogP contribution in [0.15, 0.2) is 24.3 Å². The van der Waals surface area contributed by atoms with Crippen LogP contribution in [-0.4, -0.2) is 51.9 Å². The van der Waals surface area contributed by atoms with Crippen LogP contribution in [0.2, 0.25) is 0 Å². The van der Waals surface area contributed by atoms with Gasteiger partial charge in [-0.3, -0.25) is 9.89 Å². The van der Waals surface area contributed by atoms with Gasteiger partial charge in [-0.15, -0.1) is 0 Å². The number of nitrogens with one attached hydrogen (secondary N) is 1. The van der Waals surface area contributed by atoms with Crippen molar-refractivity contribution in [2.45, 2.75) is 52.6 Å². The highest BCUT2D eigenvalue weighted by Crippen LogP contribution is 2.23. The average Bonchev–Trinajstić information content (AvgIpc) is 3.23. The number of ether oxygens (including phenoxy) is 1. The van der Waals surface area contributed by atoms with Gasteiger partial charge in [-0.25, -0.2) is 0 Å². The molecule has 0 saturated carbocycles. The van der Waals surface area contributed by atoms with E-state index in [1.54, 1.807) is 4.90 Å². The van der Waals surface area contributed by atoms with Gasteiger partial charge in [0.05, 0.1) is 18.4 Å². The fourth-order valence-corrected chi connectivity index (χ4v) is 3.89. The third-order valence-corrected chi connectivity index (χ3v) is 5.38. The molecule has 0 bridgehead atoms. The Morgan fingerprint density at radius 1 is 1.32 bits per heavy atom. The maximum Gasteiger partial charge on any atom is 0.222 e. The molecule has 2 atom stereocenters. The molecule has 0 aliphatic carbocycles. The summed E-state index contributed by atoms with van der Waals surface area (Å²) >= 11 is 0. The number of likely N-dealkylation sites (tertiary alicyclic amines) is 1. The summed E-state index contributed by atoms with van der Waals surface area (Å²) in [7, 11) is 0. The van der Waals surface area contributed by atoms with Crippen LogP contribution >= 0.6 is 0 Å². The lowest BCUT2D eigenvalue weighted by atomic mass is 10.00. The second-order valence-electron chi connectivity index (χ2n) is 7.76. The van der Waals surface area contributed by atoms with Gasteiger partial charge in [0.15, 0.2) is 0 Å². The molecular weight excluding hydrogens is 354 g/mol. The van der Waals surface area contributed by atoms with Crippen LogP contribution < -0.4 is 4.74 Å². The number of H-pyrrole nitrogens is 1. The first-order chi connectivity index (χ1) is 13.5. The Hall–Kier alpha value is -2.34. The predicted octanol–water partition coefficient (Wildman–Crippen LogP) is 2.81. The molecule has 28 heavy (non-hydrogen) atoms. The molecule has 1 amide bonds. The van der Waals surface area contributed by atoms with E-state index < -0.39 is 6.10 Å². The molecule has 2 aromatic rings. The Kier molecular flexibility index (Phi) is 6.73. The minimum Gasteiger partial charge on any atom is -0.494 e. The fraction of sp³-hybridized carbons (Fsp3) is 0.545. The Morgan fingerprint density at radius 3 is 2.82 bits per heavy atom. The predicted molar refractivity (Wildman–Crippen MR) is 108 cm³/mol. The van der Waals surface area contributed by atoms with Crippen LogP contribution in [-0.2, 0) is 17.6 Å². The van der Waals surface area contributed by atoms with Gasteiger partial charge in [-0.2, -0.15) is 5.10 Å². The van der Waals surface area contributed by atoms with Crippen LogP contribution in [0.4, 0.5) is 0 Å². The molecule has 152 valence electrons. The summed E-state index contributed by atoms with van der Waals surface area (Å²) in [5.74, 6) is 1.11. The molecule has 3 rings (SSSR count). The smallest absolute Gasteiger partial charge is 0.222 e. The van der Waals surface area contributed by atoms with Crippen LogP contribution in [0.25, 0.3) is 0 Å². The lowest BCUT2D eigenvalue weighted by molar-refractivity contribution is -0.130. The van der Waals surface area contributed by atoms with E-state index in [9.17, 15) is 9.90 Å². The van der Waals surface area contributed by atoms with E-state index in [1.807, 2.05) is 32.9 Å². The van der Waals surface area contributed by atoms with Gasteiger partial charge in [-0.05, 0) is 63.3 Å². The van der Waals surface area contributed by atoms with E-state index in [4.69, 9.17) is 4.74 Å². The van der Waals surface area contributed by atoms with Crippen molar-refractivity contribution in [1.29, 1.82) is 0 Å². The monoisotopic (exact) mass is 385 g/mol. The number of aliphatic hydroxyl groups excluding tert-OH is 1. The summed E-state index contributed by atoms with van der Waals surface area (Å²) < 4.78 is 5.57. The third-order valence-electron chi connectivity index (χ3n) is 5.38. The van der Waals surface area contributed by atoms with Crippen molar-refractivity contribution in [3.8, 4) is 5.75 Å². The summed E-state index contributed by atoms with van der Waals surface area (Å²) in [4.78, 5) is 14.4. The van der Waals surface area contributed by atoms with Gasteiger partial charge in [0.25, 0.3) is 0 Å². The Bertz CT molecular complexity index is 802. The number of hydrogen-bond donors (Lipinski definition) is 2. The lowest BCUT2D eigenvalue weighted by Gasteiger charge is -2.16. The molecule has 1 fully saturated rings. The first-order valence-electron chi connectivity index (χ1n) is 10.1. The maximum absolute atomic E-state index is 12.6. The van der Waals surface area contributed by atoms with Crippen molar-refractivity contribution in [3.63, 3.8) is 0 Å². The van der Waals surface area contributed by atoms with E-state index in [0.717, 1.165) is 35.5 Å². The zero-order valence-electron chi connectivity index (χ0n) is 17.1. The highest BCUT2D eigenvalue weighted by Gasteiger charge is 2.34.